The second-order valence-electron chi connectivity index (χ2n) is 5.65. The van der Waals surface area contributed by atoms with E-state index < -0.39 is 0 Å². The minimum Gasteiger partial charge on any atom is -0.350 e. The van der Waals surface area contributed by atoms with E-state index in [-0.39, 0.29) is 18.2 Å². The Morgan fingerprint density at radius 2 is 1.59 bits per heavy atom. The van der Waals surface area contributed by atoms with Gasteiger partial charge in [0.05, 0.1) is 0 Å². The molecule has 114 valence electrons. The second kappa shape index (κ2) is 7.50. The van der Waals surface area contributed by atoms with Crippen molar-refractivity contribution in [3.63, 3.8) is 0 Å². The Balaban J connectivity index is 1.98. The molecule has 2 aromatic rings. The molecule has 4 nitrogen and oxygen atoms in total. The molecule has 0 spiro atoms. The van der Waals surface area contributed by atoms with Gasteiger partial charge in [-0.3, -0.25) is 9.59 Å². The largest absolute Gasteiger partial charge is 0.350 e. The number of rotatable bonds is 6. The number of carbonyl (C=O) groups excluding carboxylic acids is 2. The van der Waals surface area contributed by atoms with Crippen molar-refractivity contribution in [2.45, 2.75) is 20.4 Å². The number of pyridine rings is 1. The predicted octanol–water partition coefficient (Wildman–Crippen LogP) is 1.98. The number of hydrogen-bond donors (Lipinski definition) is 1. The summed E-state index contributed by atoms with van der Waals surface area (Å²) in [6.45, 7) is 5.03. The summed E-state index contributed by atoms with van der Waals surface area (Å²) < 4.78 is 1.76. The first kappa shape index (κ1) is 15.9. The number of aromatic nitrogens is 1. The molecule has 0 fully saturated rings. The minimum absolute atomic E-state index is 0.0167. The minimum atomic E-state index is -0.0270. The monoisotopic (exact) mass is 297 g/mol. The van der Waals surface area contributed by atoms with Gasteiger partial charge in [0.15, 0.2) is 18.2 Å². The summed E-state index contributed by atoms with van der Waals surface area (Å²) >= 11 is 0. The van der Waals surface area contributed by atoms with Gasteiger partial charge < -0.3 is 5.32 Å². The molecule has 0 aliphatic rings. The zero-order valence-electron chi connectivity index (χ0n) is 13.0. The van der Waals surface area contributed by atoms with Crippen molar-refractivity contribution in [2.24, 2.45) is 5.92 Å². The van der Waals surface area contributed by atoms with Crippen molar-refractivity contribution in [3.05, 3.63) is 66.0 Å². The molecule has 1 aromatic heterocycles. The van der Waals surface area contributed by atoms with E-state index in [9.17, 15) is 9.59 Å². The van der Waals surface area contributed by atoms with Crippen molar-refractivity contribution in [1.82, 2.24) is 5.32 Å². The van der Waals surface area contributed by atoms with Crippen LogP contribution in [-0.2, 0) is 11.3 Å². The molecule has 1 heterocycles. The Bertz CT molecular complexity index is 634. The van der Waals surface area contributed by atoms with Crippen LogP contribution >= 0.6 is 0 Å². The molecule has 0 aliphatic heterocycles. The summed E-state index contributed by atoms with van der Waals surface area (Å²) in [7, 11) is 0. The standard InChI is InChI=1S/C18H20N2O2/c1-14(2)12-19-17(21)13-20-10-8-16(9-11-20)18(22)15-6-4-3-5-7-15/h3-11,14H,12-13H2,1-2H3/p+1. The number of nitrogens with zero attached hydrogens (tertiary/aromatic N) is 1. The number of benzene rings is 1. The van der Waals surface area contributed by atoms with Crippen molar-refractivity contribution >= 4 is 11.7 Å². The highest BCUT2D eigenvalue weighted by Crippen LogP contribution is 2.07. The molecule has 0 bridgehead atoms. The summed E-state index contributed by atoms with van der Waals surface area (Å²) in [5, 5.41) is 2.87. The lowest BCUT2D eigenvalue weighted by atomic mass is 10.0. The van der Waals surface area contributed by atoms with Crippen LogP contribution in [0.4, 0.5) is 0 Å². The van der Waals surface area contributed by atoms with E-state index in [0.29, 0.717) is 23.6 Å². The molecule has 0 saturated carbocycles. The molecule has 0 atom stereocenters. The lowest BCUT2D eigenvalue weighted by Gasteiger charge is -2.05. The Labute approximate surface area is 130 Å². The van der Waals surface area contributed by atoms with Gasteiger partial charge >= 0.3 is 0 Å². The first-order valence-corrected chi connectivity index (χ1v) is 7.42. The maximum absolute atomic E-state index is 12.3. The Hall–Kier alpha value is -2.49. The first-order chi connectivity index (χ1) is 10.6. The van der Waals surface area contributed by atoms with E-state index in [1.165, 1.54) is 0 Å². The number of nitrogens with one attached hydrogen (secondary N) is 1. The first-order valence-electron chi connectivity index (χ1n) is 7.42. The van der Waals surface area contributed by atoms with Gasteiger partial charge in [-0.2, -0.15) is 4.57 Å². The van der Waals surface area contributed by atoms with Crippen LogP contribution in [0.5, 0.6) is 0 Å². The van der Waals surface area contributed by atoms with E-state index in [1.54, 1.807) is 41.2 Å². The smallest absolute Gasteiger partial charge is 0.285 e. The van der Waals surface area contributed by atoms with E-state index in [4.69, 9.17) is 0 Å². The molecule has 1 N–H and O–H groups in total. The normalized spacial score (nSPS) is 10.5. The third kappa shape index (κ3) is 4.52. The molecule has 0 unspecified atom stereocenters. The highest BCUT2D eigenvalue weighted by molar-refractivity contribution is 6.08. The van der Waals surface area contributed by atoms with Crippen LogP contribution in [-0.4, -0.2) is 18.2 Å². The summed E-state index contributed by atoms with van der Waals surface area (Å²) in [6, 6.07) is 12.6. The topological polar surface area (TPSA) is 50.1 Å². The zero-order chi connectivity index (χ0) is 15.9. The van der Waals surface area contributed by atoms with Crippen molar-refractivity contribution in [2.75, 3.05) is 6.54 Å². The quantitative estimate of drug-likeness (QED) is 0.655. The molecule has 0 aliphatic carbocycles. The predicted molar refractivity (Wildman–Crippen MR) is 84.4 cm³/mol. The van der Waals surface area contributed by atoms with Crippen molar-refractivity contribution in [1.29, 1.82) is 0 Å². The SMILES string of the molecule is CC(C)CNC(=O)C[n+]1ccc(C(=O)c2ccccc2)cc1. The van der Waals surface area contributed by atoms with Crippen LogP contribution in [0.2, 0.25) is 0 Å². The molecule has 0 radical (unpaired) electrons. The van der Waals surface area contributed by atoms with Crippen molar-refractivity contribution in [3.8, 4) is 0 Å². The van der Waals surface area contributed by atoms with Gasteiger partial charge in [0, 0.05) is 29.8 Å². The fraction of sp³-hybridized carbons (Fsp3) is 0.278. The molecular formula is C18H21N2O2+. The number of carbonyl (C=O) groups is 2. The summed E-state index contributed by atoms with van der Waals surface area (Å²) in [5.74, 6) is 0.387. The van der Waals surface area contributed by atoms with Crippen LogP contribution < -0.4 is 9.88 Å². The fourth-order valence-electron chi connectivity index (χ4n) is 2.01. The van der Waals surface area contributed by atoms with Gasteiger partial charge in [0.25, 0.3) is 5.91 Å². The highest BCUT2D eigenvalue weighted by Gasteiger charge is 2.13. The second-order valence-corrected chi connectivity index (χ2v) is 5.65. The molecule has 22 heavy (non-hydrogen) atoms. The van der Waals surface area contributed by atoms with E-state index >= 15 is 0 Å². The van der Waals surface area contributed by atoms with Gasteiger partial charge in [-0.15, -0.1) is 0 Å². The maximum atomic E-state index is 12.3. The average Bonchev–Trinajstić information content (AvgIpc) is 2.54. The molecule has 1 amide bonds. The number of ketones is 1. The van der Waals surface area contributed by atoms with Crippen molar-refractivity contribution < 1.29 is 14.2 Å². The number of hydrogen-bond acceptors (Lipinski definition) is 2. The lowest BCUT2D eigenvalue weighted by molar-refractivity contribution is -0.684. The summed E-state index contributed by atoms with van der Waals surface area (Å²) in [6.07, 6.45) is 3.51. The van der Waals surface area contributed by atoms with Crippen LogP contribution in [0, 0.1) is 5.92 Å². The fourth-order valence-corrected chi connectivity index (χ4v) is 2.01. The zero-order valence-corrected chi connectivity index (χ0v) is 13.0. The van der Waals surface area contributed by atoms with E-state index in [2.05, 4.69) is 19.2 Å². The van der Waals surface area contributed by atoms with E-state index in [0.717, 1.165) is 0 Å². The summed E-state index contributed by atoms with van der Waals surface area (Å²) in [5.41, 5.74) is 1.28. The Morgan fingerprint density at radius 1 is 1.00 bits per heavy atom. The van der Waals surface area contributed by atoms with Gasteiger partial charge in [-0.25, -0.2) is 0 Å². The molecule has 4 heteroatoms. The Kier molecular flexibility index (Phi) is 5.42. The molecule has 0 saturated heterocycles. The Morgan fingerprint density at radius 3 is 2.18 bits per heavy atom. The van der Waals surface area contributed by atoms with Crippen LogP contribution in [0.25, 0.3) is 0 Å². The van der Waals surface area contributed by atoms with Gasteiger partial charge in [0.1, 0.15) is 0 Å². The van der Waals surface area contributed by atoms with Gasteiger partial charge in [0.2, 0.25) is 6.54 Å². The van der Waals surface area contributed by atoms with Gasteiger partial charge in [-0.1, -0.05) is 44.2 Å². The third-order valence-corrected chi connectivity index (χ3v) is 3.22. The van der Waals surface area contributed by atoms with Gasteiger partial charge in [-0.05, 0) is 5.92 Å². The van der Waals surface area contributed by atoms with Crippen LogP contribution in [0.3, 0.4) is 0 Å². The number of amides is 1. The maximum Gasteiger partial charge on any atom is 0.285 e. The molecule has 1 aromatic carbocycles. The lowest BCUT2D eigenvalue weighted by Crippen LogP contribution is -2.43. The average molecular weight is 297 g/mol. The van der Waals surface area contributed by atoms with E-state index in [1.807, 2.05) is 18.2 Å². The third-order valence-electron chi connectivity index (χ3n) is 3.22. The highest BCUT2D eigenvalue weighted by atomic mass is 16.2. The molecule has 2 rings (SSSR count). The molecular weight excluding hydrogens is 276 g/mol. The van der Waals surface area contributed by atoms with Crippen LogP contribution in [0.1, 0.15) is 29.8 Å². The van der Waals surface area contributed by atoms with Crippen LogP contribution in [0.15, 0.2) is 54.9 Å². The summed E-state index contributed by atoms with van der Waals surface area (Å²) in [4.78, 5) is 24.0.